The van der Waals surface area contributed by atoms with Gasteiger partial charge in [0.25, 0.3) is 0 Å². The molecule has 2 aromatic heterocycles. The summed E-state index contributed by atoms with van der Waals surface area (Å²) < 4.78 is 4.63. The van der Waals surface area contributed by atoms with Crippen molar-refractivity contribution in [2.75, 3.05) is 6.54 Å². The van der Waals surface area contributed by atoms with Crippen molar-refractivity contribution in [3.8, 4) is 5.69 Å². The summed E-state index contributed by atoms with van der Waals surface area (Å²) >= 11 is 0. The van der Waals surface area contributed by atoms with E-state index in [2.05, 4.69) is 85.8 Å². The monoisotopic (exact) mass is 398 g/mol. The lowest BCUT2D eigenvalue weighted by atomic mass is 9.60. The number of nitrogens with zero attached hydrogens (tertiary/aromatic N) is 3. The van der Waals surface area contributed by atoms with Crippen molar-refractivity contribution in [1.82, 2.24) is 19.7 Å². The summed E-state index contributed by atoms with van der Waals surface area (Å²) in [6.07, 6.45) is 6.78. The zero-order chi connectivity index (χ0) is 20.8. The molecule has 1 N–H and O–H groups in total. The summed E-state index contributed by atoms with van der Waals surface area (Å²) in [6, 6.07) is 9.15. The van der Waals surface area contributed by atoms with E-state index in [1.165, 1.54) is 50.6 Å². The van der Waals surface area contributed by atoms with Crippen molar-refractivity contribution in [1.29, 1.82) is 0 Å². The largest absolute Gasteiger partial charge is 0.353 e. The third kappa shape index (κ3) is 2.03. The first-order valence-corrected chi connectivity index (χ1v) is 11.2. The van der Waals surface area contributed by atoms with Crippen LogP contribution >= 0.6 is 0 Å². The highest BCUT2D eigenvalue weighted by atomic mass is 15.3. The highest BCUT2D eigenvalue weighted by molar-refractivity contribution is 5.89. The molecule has 30 heavy (non-hydrogen) atoms. The number of rotatable bonds is 1. The molecule has 0 saturated carbocycles. The molecular formula is C26H30N4. The second-order valence-electron chi connectivity index (χ2n) is 9.87. The molecule has 0 spiro atoms. The van der Waals surface area contributed by atoms with Crippen LogP contribution in [0.15, 0.2) is 36.5 Å². The molecule has 4 heteroatoms. The van der Waals surface area contributed by atoms with E-state index in [-0.39, 0.29) is 10.8 Å². The zero-order valence-electron chi connectivity index (χ0n) is 18.6. The van der Waals surface area contributed by atoms with E-state index in [1.807, 2.05) is 0 Å². The van der Waals surface area contributed by atoms with Crippen LogP contribution in [0.1, 0.15) is 67.0 Å². The number of hydrogen-bond donors (Lipinski definition) is 1. The third-order valence-corrected chi connectivity index (χ3v) is 7.65. The van der Waals surface area contributed by atoms with Crippen molar-refractivity contribution in [2.45, 2.75) is 57.9 Å². The van der Waals surface area contributed by atoms with Crippen LogP contribution in [0.5, 0.6) is 0 Å². The molecule has 0 radical (unpaired) electrons. The van der Waals surface area contributed by atoms with Gasteiger partial charge in [0.2, 0.25) is 0 Å². The lowest BCUT2D eigenvalue weighted by Gasteiger charge is -2.46. The molecule has 1 unspecified atom stereocenters. The van der Waals surface area contributed by atoms with Crippen LogP contribution in [-0.2, 0) is 37.3 Å². The van der Waals surface area contributed by atoms with Gasteiger partial charge in [0.15, 0.2) is 0 Å². The normalized spacial score (nSPS) is 23.0. The molecule has 0 saturated heterocycles. The average Bonchev–Trinajstić information content (AvgIpc) is 3.32. The molecule has 1 aliphatic carbocycles. The number of hydrogen-bond acceptors (Lipinski definition) is 2. The van der Waals surface area contributed by atoms with Crippen LogP contribution in [0.4, 0.5) is 0 Å². The molecule has 3 aliphatic rings. The molecule has 4 nitrogen and oxygen atoms in total. The number of para-hydroxylation sites is 1. The van der Waals surface area contributed by atoms with Gasteiger partial charge in [0.05, 0.1) is 22.5 Å². The molecule has 3 aromatic rings. The summed E-state index contributed by atoms with van der Waals surface area (Å²) in [4.78, 5) is 0. The molecule has 6 rings (SSSR count). The van der Waals surface area contributed by atoms with Crippen molar-refractivity contribution < 1.29 is 0 Å². The van der Waals surface area contributed by atoms with E-state index >= 15 is 0 Å². The number of aromatic nitrogens is 3. The quantitative estimate of drug-likeness (QED) is 0.659. The second-order valence-corrected chi connectivity index (χ2v) is 9.87. The van der Waals surface area contributed by atoms with Gasteiger partial charge in [-0.2, -0.15) is 5.10 Å². The average molecular weight is 399 g/mol. The Morgan fingerprint density at radius 2 is 1.97 bits per heavy atom. The molecule has 0 fully saturated rings. The van der Waals surface area contributed by atoms with Gasteiger partial charge in [-0.1, -0.05) is 45.0 Å². The zero-order valence-corrected chi connectivity index (χ0v) is 18.6. The SMILES string of the molecule is CCc1cccc2c1-n1nc3c(c1C1(C)C2=CC(C)(C)c2c1ccn2C)CNCC3. The lowest BCUT2D eigenvalue weighted by Crippen LogP contribution is -2.41. The first kappa shape index (κ1) is 18.2. The van der Waals surface area contributed by atoms with Gasteiger partial charge in [-0.15, -0.1) is 0 Å². The molecule has 2 aliphatic heterocycles. The Kier molecular flexibility index (Phi) is 3.49. The van der Waals surface area contributed by atoms with Crippen LogP contribution in [-0.4, -0.2) is 20.9 Å². The smallest absolute Gasteiger partial charge is 0.0756 e. The molecule has 1 aromatic carbocycles. The Labute approximate surface area is 178 Å². The van der Waals surface area contributed by atoms with Gasteiger partial charge >= 0.3 is 0 Å². The molecule has 4 heterocycles. The fourth-order valence-electron chi connectivity index (χ4n) is 6.38. The van der Waals surface area contributed by atoms with Crippen molar-refractivity contribution in [3.05, 3.63) is 75.9 Å². The topological polar surface area (TPSA) is 34.8 Å². The van der Waals surface area contributed by atoms with Crippen molar-refractivity contribution in [3.63, 3.8) is 0 Å². The Bertz CT molecular complexity index is 1240. The van der Waals surface area contributed by atoms with Crippen LogP contribution in [0.2, 0.25) is 0 Å². The second kappa shape index (κ2) is 5.76. The van der Waals surface area contributed by atoms with Gasteiger partial charge in [-0.05, 0) is 36.1 Å². The summed E-state index contributed by atoms with van der Waals surface area (Å²) in [5.41, 5.74) is 12.1. The van der Waals surface area contributed by atoms with E-state index < -0.39 is 0 Å². The van der Waals surface area contributed by atoms with Gasteiger partial charge < -0.3 is 9.88 Å². The summed E-state index contributed by atoms with van der Waals surface area (Å²) in [5.74, 6) is 0. The first-order chi connectivity index (χ1) is 14.4. The standard InChI is InChI=1S/C26H30N4/c1-6-16-8-7-9-17-20-14-25(2,3)24-19(11-13-29(24)5)26(20,4)23-18-15-27-12-10-21(18)28-30(23)22(16)17/h7-9,11,13-14,27H,6,10,12,15H2,1-5H3. The highest BCUT2D eigenvalue weighted by Crippen LogP contribution is 2.57. The van der Waals surface area contributed by atoms with E-state index in [1.54, 1.807) is 0 Å². The Hall–Kier alpha value is -2.59. The van der Waals surface area contributed by atoms with Gasteiger partial charge in [-0.3, -0.25) is 0 Å². The van der Waals surface area contributed by atoms with Gasteiger partial charge in [0, 0.05) is 55.0 Å². The lowest BCUT2D eigenvalue weighted by molar-refractivity contribution is 0.534. The van der Waals surface area contributed by atoms with Crippen molar-refractivity contribution in [2.24, 2.45) is 7.05 Å². The van der Waals surface area contributed by atoms with Crippen molar-refractivity contribution >= 4 is 5.57 Å². The number of benzene rings is 1. The van der Waals surface area contributed by atoms with Crippen LogP contribution < -0.4 is 5.32 Å². The summed E-state index contributed by atoms with van der Waals surface area (Å²) in [7, 11) is 2.18. The van der Waals surface area contributed by atoms with Crippen LogP contribution in [0, 0.1) is 0 Å². The minimum Gasteiger partial charge on any atom is -0.353 e. The molecule has 1 atom stereocenters. The van der Waals surface area contributed by atoms with E-state index in [0.717, 1.165) is 25.9 Å². The number of nitrogens with one attached hydrogen (secondary N) is 1. The maximum atomic E-state index is 5.24. The summed E-state index contributed by atoms with van der Waals surface area (Å²) in [5, 5.41) is 8.85. The fourth-order valence-corrected chi connectivity index (χ4v) is 6.38. The number of fused-ring (bicyclic) bond motifs is 10. The predicted molar refractivity (Wildman–Crippen MR) is 121 cm³/mol. The van der Waals surface area contributed by atoms with Gasteiger partial charge in [-0.25, -0.2) is 4.68 Å². The van der Waals surface area contributed by atoms with Gasteiger partial charge in [0.1, 0.15) is 0 Å². The summed E-state index contributed by atoms with van der Waals surface area (Å²) in [6.45, 7) is 11.3. The predicted octanol–water partition coefficient (Wildman–Crippen LogP) is 4.41. The van der Waals surface area contributed by atoms with E-state index in [9.17, 15) is 0 Å². The molecular weight excluding hydrogens is 368 g/mol. The minimum absolute atomic E-state index is 0.0254. The highest BCUT2D eigenvalue weighted by Gasteiger charge is 2.51. The molecule has 0 bridgehead atoms. The Morgan fingerprint density at radius 3 is 2.77 bits per heavy atom. The van der Waals surface area contributed by atoms with Crippen LogP contribution in [0.3, 0.4) is 0 Å². The first-order valence-electron chi connectivity index (χ1n) is 11.2. The van der Waals surface area contributed by atoms with E-state index in [4.69, 9.17) is 5.10 Å². The number of aryl methyl sites for hydroxylation is 2. The van der Waals surface area contributed by atoms with Crippen LogP contribution in [0.25, 0.3) is 11.3 Å². The Morgan fingerprint density at radius 1 is 1.13 bits per heavy atom. The molecule has 154 valence electrons. The minimum atomic E-state index is -0.203. The maximum Gasteiger partial charge on any atom is 0.0756 e. The number of allylic oxidation sites excluding steroid dienone is 2. The third-order valence-electron chi connectivity index (χ3n) is 7.65. The van der Waals surface area contributed by atoms with E-state index in [0.29, 0.717) is 0 Å². The Balaban J connectivity index is 1.80. The fraction of sp³-hybridized carbons (Fsp3) is 0.423. The maximum absolute atomic E-state index is 5.24. The molecule has 0 amide bonds.